The molecule has 0 radical (unpaired) electrons. The zero-order chi connectivity index (χ0) is 20.2. The number of piperidine rings is 1. The average Bonchev–Trinajstić information content (AvgIpc) is 3.22. The van der Waals surface area contributed by atoms with E-state index in [9.17, 15) is 9.59 Å². The minimum atomic E-state index is -0.354. The van der Waals surface area contributed by atoms with Crippen molar-refractivity contribution >= 4 is 23.4 Å². The zero-order valence-electron chi connectivity index (χ0n) is 16.7. The molecule has 1 aliphatic carbocycles. The summed E-state index contributed by atoms with van der Waals surface area (Å²) in [5.74, 6) is 0.568. The molecule has 2 aliphatic rings. The summed E-state index contributed by atoms with van der Waals surface area (Å²) in [5, 5.41) is 11.7. The van der Waals surface area contributed by atoms with Gasteiger partial charge >= 0.3 is 5.97 Å². The van der Waals surface area contributed by atoms with E-state index in [1.165, 1.54) is 5.56 Å². The highest BCUT2D eigenvalue weighted by molar-refractivity contribution is 5.94. The molecule has 2 heterocycles. The molecule has 0 unspecified atom stereocenters. The summed E-state index contributed by atoms with van der Waals surface area (Å²) in [6.45, 7) is 3.71. The van der Waals surface area contributed by atoms with Gasteiger partial charge in [-0.15, -0.1) is 5.10 Å². The summed E-state index contributed by atoms with van der Waals surface area (Å²) in [6, 6.07) is 8.98. The lowest BCUT2D eigenvalue weighted by molar-refractivity contribution is -0.120. The molecular weight excluding hydrogens is 368 g/mol. The van der Waals surface area contributed by atoms with Crippen LogP contribution in [0.3, 0.4) is 0 Å². The maximum Gasteiger partial charge on any atom is 0.338 e. The molecule has 1 fully saturated rings. The molecule has 1 amide bonds. The molecule has 2 aromatic rings. The van der Waals surface area contributed by atoms with E-state index in [-0.39, 0.29) is 17.8 Å². The van der Waals surface area contributed by atoms with Crippen molar-refractivity contribution in [1.29, 1.82) is 0 Å². The molecule has 1 aromatic heterocycles. The highest BCUT2D eigenvalue weighted by Gasteiger charge is 2.26. The van der Waals surface area contributed by atoms with Crippen LogP contribution in [0.1, 0.15) is 47.8 Å². The molecule has 0 bridgehead atoms. The molecule has 0 atom stereocenters. The Morgan fingerprint density at radius 2 is 1.90 bits per heavy atom. The number of aryl methyl sites for hydroxylation is 2. The highest BCUT2D eigenvalue weighted by Crippen LogP contribution is 2.26. The number of benzene rings is 1. The van der Waals surface area contributed by atoms with E-state index >= 15 is 0 Å². The molecule has 7 heteroatoms. The number of hydrogen-bond donors (Lipinski definition) is 1. The second-order valence-electron chi connectivity index (χ2n) is 7.58. The Labute approximate surface area is 170 Å². The predicted molar refractivity (Wildman–Crippen MR) is 110 cm³/mol. The summed E-state index contributed by atoms with van der Waals surface area (Å²) < 4.78 is 4.97. The third-order valence-electron chi connectivity index (χ3n) is 5.66. The van der Waals surface area contributed by atoms with Gasteiger partial charge in [-0.2, -0.15) is 5.10 Å². The number of fused-ring (bicyclic) bond motifs is 1. The monoisotopic (exact) mass is 394 g/mol. The maximum absolute atomic E-state index is 12.6. The minimum absolute atomic E-state index is 0.0218. The normalized spacial score (nSPS) is 16.4. The molecule has 0 saturated carbocycles. The third-order valence-corrected chi connectivity index (χ3v) is 5.66. The standard InChI is InChI=1S/C22H26N4O3/c1-2-29-22(28)16-6-8-18(9-7-16)23-21(27)15-10-12-26(13-11-15)20-14-17-4-3-5-19(17)24-25-20/h6-9,14-15H,2-5,10-13H2,1H3,(H,23,27). The molecular formula is C22H26N4O3. The number of ether oxygens (including phenoxy) is 1. The summed E-state index contributed by atoms with van der Waals surface area (Å²) >= 11 is 0. The molecule has 29 heavy (non-hydrogen) atoms. The second kappa shape index (κ2) is 8.59. The highest BCUT2D eigenvalue weighted by atomic mass is 16.5. The van der Waals surface area contributed by atoms with Gasteiger partial charge in [0.05, 0.1) is 17.9 Å². The molecule has 7 nitrogen and oxygen atoms in total. The zero-order valence-corrected chi connectivity index (χ0v) is 16.7. The van der Waals surface area contributed by atoms with Crippen LogP contribution in [-0.2, 0) is 22.4 Å². The van der Waals surface area contributed by atoms with Gasteiger partial charge in [0.15, 0.2) is 5.82 Å². The van der Waals surface area contributed by atoms with Gasteiger partial charge in [0.2, 0.25) is 5.91 Å². The first-order chi connectivity index (χ1) is 14.1. The molecule has 1 aliphatic heterocycles. The van der Waals surface area contributed by atoms with Gasteiger partial charge in [0.25, 0.3) is 0 Å². The van der Waals surface area contributed by atoms with Crippen molar-refractivity contribution in [3.8, 4) is 0 Å². The van der Waals surface area contributed by atoms with Gasteiger partial charge < -0.3 is 15.0 Å². The van der Waals surface area contributed by atoms with Crippen molar-refractivity contribution in [2.45, 2.75) is 39.0 Å². The van der Waals surface area contributed by atoms with E-state index in [4.69, 9.17) is 4.74 Å². The number of nitrogens with zero attached hydrogens (tertiary/aromatic N) is 3. The number of hydrogen-bond acceptors (Lipinski definition) is 6. The summed E-state index contributed by atoms with van der Waals surface area (Å²) in [4.78, 5) is 26.6. The van der Waals surface area contributed by atoms with Crippen LogP contribution in [-0.4, -0.2) is 41.8 Å². The van der Waals surface area contributed by atoms with Gasteiger partial charge in [-0.3, -0.25) is 4.79 Å². The molecule has 1 N–H and O–H groups in total. The lowest BCUT2D eigenvalue weighted by Crippen LogP contribution is -2.38. The fourth-order valence-corrected chi connectivity index (χ4v) is 3.99. The molecule has 152 valence electrons. The number of amides is 1. The van der Waals surface area contributed by atoms with E-state index < -0.39 is 0 Å². The maximum atomic E-state index is 12.6. The quantitative estimate of drug-likeness (QED) is 0.785. The summed E-state index contributed by atoms with van der Waals surface area (Å²) in [6.07, 6.45) is 4.85. The van der Waals surface area contributed by atoms with E-state index in [1.807, 2.05) is 0 Å². The Balaban J connectivity index is 1.30. The number of anilines is 2. The first kappa shape index (κ1) is 19.4. The van der Waals surface area contributed by atoms with E-state index in [2.05, 4.69) is 26.5 Å². The van der Waals surface area contributed by atoms with Crippen LogP contribution in [0.25, 0.3) is 0 Å². The molecule has 4 rings (SSSR count). The van der Waals surface area contributed by atoms with Gasteiger partial charge in [-0.05, 0) is 74.9 Å². The number of carbonyl (C=O) groups is 2. The number of aromatic nitrogens is 2. The van der Waals surface area contributed by atoms with Crippen molar-refractivity contribution in [3.05, 3.63) is 47.2 Å². The van der Waals surface area contributed by atoms with E-state index in [0.717, 1.165) is 56.7 Å². The summed E-state index contributed by atoms with van der Waals surface area (Å²) in [7, 11) is 0. The van der Waals surface area contributed by atoms with Crippen molar-refractivity contribution in [1.82, 2.24) is 10.2 Å². The first-order valence-electron chi connectivity index (χ1n) is 10.3. The van der Waals surface area contributed by atoms with Gasteiger partial charge in [-0.1, -0.05) is 0 Å². The first-order valence-corrected chi connectivity index (χ1v) is 10.3. The van der Waals surface area contributed by atoms with Crippen LogP contribution in [0.5, 0.6) is 0 Å². The molecule has 0 spiro atoms. The lowest BCUT2D eigenvalue weighted by atomic mass is 9.95. The van der Waals surface area contributed by atoms with Crippen molar-refractivity contribution in [2.24, 2.45) is 5.92 Å². The van der Waals surface area contributed by atoms with Crippen LogP contribution in [0.4, 0.5) is 11.5 Å². The van der Waals surface area contributed by atoms with Crippen molar-refractivity contribution in [2.75, 3.05) is 29.9 Å². The smallest absolute Gasteiger partial charge is 0.338 e. The van der Waals surface area contributed by atoms with Crippen molar-refractivity contribution in [3.63, 3.8) is 0 Å². The van der Waals surface area contributed by atoms with Crippen LogP contribution >= 0.6 is 0 Å². The van der Waals surface area contributed by atoms with Crippen LogP contribution in [0, 0.1) is 5.92 Å². The SMILES string of the molecule is CCOC(=O)c1ccc(NC(=O)C2CCN(c3cc4c(nn3)CCC4)CC2)cc1. The fraction of sp³-hybridized carbons (Fsp3) is 0.455. The van der Waals surface area contributed by atoms with Gasteiger partial charge in [0.1, 0.15) is 0 Å². The number of rotatable bonds is 5. The second-order valence-corrected chi connectivity index (χ2v) is 7.58. The van der Waals surface area contributed by atoms with Gasteiger partial charge in [0, 0.05) is 24.7 Å². The minimum Gasteiger partial charge on any atom is -0.462 e. The molecule has 1 saturated heterocycles. The summed E-state index contributed by atoms with van der Waals surface area (Å²) in [5.41, 5.74) is 3.63. The van der Waals surface area contributed by atoms with E-state index in [0.29, 0.717) is 17.9 Å². The topological polar surface area (TPSA) is 84.4 Å². The van der Waals surface area contributed by atoms with Crippen LogP contribution < -0.4 is 10.2 Å². The Morgan fingerprint density at radius 1 is 1.14 bits per heavy atom. The van der Waals surface area contributed by atoms with E-state index in [1.54, 1.807) is 31.2 Å². The largest absolute Gasteiger partial charge is 0.462 e. The van der Waals surface area contributed by atoms with Crippen molar-refractivity contribution < 1.29 is 14.3 Å². The average molecular weight is 394 g/mol. The van der Waals surface area contributed by atoms with Crippen LogP contribution in [0.15, 0.2) is 30.3 Å². The Bertz CT molecular complexity index is 889. The lowest BCUT2D eigenvalue weighted by Gasteiger charge is -2.32. The number of esters is 1. The predicted octanol–water partition coefficient (Wildman–Crippen LogP) is 3.00. The fourth-order valence-electron chi connectivity index (χ4n) is 3.99. The van der Waals surface area contributed by atoms with Crippen LogP contribution in [0.2, 0.25) is 0 Å². The number of carbonyl (C=O) groups excluding carboxylic acids is 2. The Morgan fingerprint density at radius 3 is 2.62 bits per heavy atom. The Kier molecular flexibility index (Phi) is 5.74. The van der Waals surface area contributed by atoms with Gasteiger partial charge in [-0.25, -0.2) is 4.79 Å². The molecule has 1 aromatic carbocycles. The number of nitrogens with one attached hydrogen (secondary N) is 1. The third kappa shape index (κ3) is 4.39. The Hall–Kier alpha value is -2.96.